The summed E-state index contributed by atoms with van der Waals surface area (Å²) in [6.45, 7) is 0. The van der Waals surface area contributed by atoms with E-state index in [9.17, 15) is 18.0 Å². The largest absolute Gasteiger partial charge is 0.410 e. The topological polar surface area (TPSA) is 72.9 Å². The number of carbonyl (C=O) groups excluding carboxylic acids is 1. The molecule has 3 heterocycles. The highest BCUT2D eigenvalue weighted by atomic mass is 79.9. The zero-order chi connectivity index (χ0) is 16.1. The van der Waals surface area contributed by atoms with E-state index in [0.717, 1.165) is 9.56 Å². The van der Waals surface area contributed by atoms with Crippen molar-refractivity contribution >= 4 is 39.0 Å². The molecule has 2 atom stereocenters. The lowest BCUT2D eigenvalue weighted by molar-refractivity contribution is -0.173. The van der Waals surface area contributed by atoms with Crippen LogP contribution in [0.25, 0.3) is 0 Å². The quantitative estimate of drug-likeness (QED) is 0.818. The lowest BCUT2D eigenvalue weighted by Gasteiger charge is -2.33. The van der Waals surface area contributed by atoms with Crippen LogP contribution in [0.4, 0.5) is 19.0 Å². The van der Waals surface area contributed by atoms with Gasteiger partial charge in [0.2, 0.25) is 0 Å². The highest BCUT2D eigenvalue weighted by molar-refractivity contribution is 9.10. The minimum absolute atomic E-state index is 0.112. The summed E-state index contributed by atoms with van der Waals surface area (Å²) in [5.74, 6) is -0.773. The summed E-state index contributed by atoms with van der Waals surface area (Å²) < 4.78 is 41.0. The third-order valence-corrected chi connectivity index (χ3v) is 5.15. The van der Waals surface area contributed by atoms with Gasteiger partial charge in [-0.15, -0.1) is 11.3 Å². The SMILES string of the molecule is NC(=O)c1nn2c(c1Br)N[C@@H](c1cccs1)C[C@H]2C(F)(F)F. The molecule has 3 rings (SSSR count). The molecule has 1 aliphatic rings. The molecule has 22 heavy (non-hydrogen) atoms. The van der Waals surface area contributed by atoms with Crippen LogP contribution in [0.15, 0.2) is 22.0 Å². The van der Waals surface area contributed by atoms with Gasteiger partial charge in [-0.2, -0.15) is 18.3 Å². The molecule has 1 aliphatic heterocycles. The number of thiophene rings is 1. The average molecular weight is 395 g/mol. The van der Waals surface area contributed by atoms with Gasteiger partial charge in [-0.1, -0.05) is 6.07 Å². The highest BCUT2D eigenvalue weighted by Gasteiger charge is 2.47. The molecule has 0 aliphatic carbocycles. The van der Waals surface area contributed by atoms with Crippen molar-refractivity contribution in [2.75, 3.05) is 5.32 Å². The minimum Gasteiger partial charge on any atom is -0.364 e. The molecule has 0 fully saturated rings. The maximum atomic E-state index is 13.4. The number of rotatable bonds is 2. The number of halogens is 4. The molecule has 0 radical (unpaired) electrons. The van der Waals surface area contributed by atoms with Gasteiger partial charge in [-0.25, -0.2) is 4.68 Å². The smallest absolute Gasteiger partial charge is 0.364 e. The third kappa shape index (κ3) is 2.50. The van der Waals surface area contributed by atoms with E-state index in [2.05, 4.69) is 26.3 Å². The number of fused-ring (bicyclic) bond motifs is 1. The van der Waals surface area contributed by atoms with Gasteiger partial charge in [0.15, 0.2) is 11.7 Å². The number of amides is 1. The van der Waals surface area contributed by atoms with Gasteiger partial charge in [0.25, 0.3) is 5.91 Å². The Morgan fingerprint density at radius 2 is 2.27 bits per heavy atom. The predicted octanol–water partition coefficient (Wildman–Crippen LogP) is 3.47. The van der Waals surface area contributed by atoms with Crippen LogP contribution in [0.3, 0.4) is 0 Å². The van der Waals surface area contributed by atoms with Crippen LogP contribution in [0, 0.1) is 0 Å². The van der Waals surface area contributed by atoms with E-state index in [1.807, 2.05) is 0 Å². The number of aromatic nitrogens is 2. The number of hydrogen-bond donors (Lipinski definition) is 2. The van der Waals surface area contributed by atoms with Crippen LogP contribution >= 0.6 is 27.3 Å². The van der Waals surface area contributed by atoms with Crippen LogP contribution in [0.1, 0.15) is 33.9 Å². The standard InChI is InChI=1S/C12H10BrF3N4OS/c13-8-9(10(17)21)19-20-7(12(14,15)16)4-5(18-11(8)20)6-2-1-3-22-6/h1-3,5,7,18H,4H2,(H2,17,21)/t5-,7+/m1/s1. The zero-order valence-corrected chi connectivity index (χ0v) is 13.3. The summed E-state index contributed by atoms with van der Waals surface area (Å²) in [5.41, 5.74) is 4.94. The first-order valence-electron chi connectivity index (χ1n) is 6.23. The van der Waals surface area contributed by atoms with Gasteiger partial charge in [0.05, 0.1) is 10.5 Å². The van der Waals surface area contributed by atoms with Gasteiger partial charge in [-0.3, -0.25) is 4.79 Å². The summed E-state index contributed by atoms with van der Waals surface area (Å²) in [7, 11) is 0. The Morgan fingerprint density at radius 1 is 1.55 bits per heavy atom. The Kier molecular flexibility index (Phi) is 3.68. The second-order valence-electron chi connectivity index (χ2n) is 4.83. The first-order valence-corrected chi connectivity index (χ1v) is 7.90. The Hall–Kier alpha value is -1.55. The molecule has 2 aromatic rings. The van der Waals surface area contributed by atoms with Crippen molar-refractivity contribution in [3.8, 4) is 0 Å². The Morgan fingerprint density at radius 3 is 2.82 bits per heavy atom. The fourth-order valence-electron chi connectivity index (χ4n) is 2.42. The van der Waals surface area contributed by atoms with E-state index in [4.69, 9.17) is 5.73 Å². The number of nitrogens with one attached hydrogen (secondary N) is 1. The van der Waals surface area contributed by atoms with Crippen LogP contribution in [-0.2, 0) is 0 Å². The summed E-state index contributed by atoms with van der Waals surface area (Å²) in [6.07, 6.45) is -4.68. The van der Waals surface area contributed by atoms with Crippen LogP contribution in [-0.4, -0.2) is 21.9 Å². The predicted molar refractivity (Wildman–Crippen MR) is 78.8 cm³/mol. The molecule has 2 aromatic heterocycles. The number of anilines is 1. The van der Waals surface area contributed by atoms with E-state index in [0.29, 0.717) is 0 Å². The number of carbonyl (C=O) groups is 1. The normalized spacial score (nSPS) is 21.3. The Labute approximate surface area is 135 Å². The molecule has 0 aromatic carbocycles. The van der Waals surface area contributed by atoms with E-state index in [1.54, 1.807) is 17.5 Å². The molecule has 0 saturated heterocycles. The Bertz CT molecular complexity index is 713. The van der Waals surface area contributed by atoms with Crippen molar-refractivity contribution in [3.05, 3.63) is 32.6 Å². The minimum atomic E-state index is -4.48. The summed E-state index contributed by atoms with van der Waals surface area (Å²) in [5, 5.41) is 8.53. The first kappa shape index (κ1) is 15.3. The number of hydrogen-bond acceptors (Lipinski definition) is 4. The lowest BCUT2D eigenvalue weighted by atomic mass is 10.0. The second-order valence-corrected chi connectivity index (χ2v) is 6.60. The van der Waals surface area contributed by atoms with Gasteiger partial charge < -0.3 is 11.1 Å². The maximum Gasteiger partial charge on any atom is 0.410 e. The van der Waals surface area contributed by atoms with Crippen molar-refractivity contribution in [1.29, 1.82) is 0 Å². The molecule has 0 saturated carbocycles. The van der Waals surface area contributed by atoms with Gasteiger partial charge >= 0.3 is 6.18 Å². The fraction of sp³-hybridized carbons (Fsp3) is 0.333. The van der Waals surface area contributed by atoms with E-state index in [1.165, 1.54) is 11.3 Å². The van der Waals surface area contributed by atoms with Crippen molar-refractivity contribution in [2.24, 2.45) is 5.73 Å². The molecular formula is C12H10BrF3N4OS. The van der Waals surface area contributed by atoms with Gasteiger partial charge in [0.1, 0.15) is 5.82 Å². The summed E-state index contributed by atoms with van der Waals surface area (Å²) in [4.78, 5) is 12.1. The molecule has 10 heteroatoms. The monoisotopic (exact) mass is 394 g/mol. The lowest BCUT2D eigenvalue weighted by Crippen LogP contribution is -2.35. The van der Waals surface area contributed by atoms with Gasteiger partial charge in [-0.05, 0) is 27.4 Å². The van der Waals surface area contributed by atoms with Crippen molar-refractivity contribution in [3.63, 3.8) is 0 Å². The zero-order valence-electron chi connectivity index (χ0n) is 10.9. The third-order valence-electron chi connectivity index (χ3n) is 3.42. The summed E-state index contributed by atoms with van der Waals surface area (Å²) in [6, 6.07) is 1.22. The van der Waals surface area contributed by atoms with Crippen molar-refractivity contribution < 1.29 is 18.0 Å². The molecule has 5 nitrogen and oxygen atoms in total. The number of nitrogens with two attached hydrogens (primary N) is 1. The Balaban J connectivity index is 2.10. The molecule has 3 N–H and O–H groups in total. The fourth-order valence-corrected chi connectivity index (χ4v) is 3.78. The molecule has 118 valence electrons. The first-order chi connectivity index (χ1) is 10.3. The highest BCUT2D eigenvalue weighted by Crippen LogP contribution is 2.46. The average Bonchev–Trinajstić information content (AvgIpc) is 3.05. The number of primary amides is 1. The van der Waals surface area contributed by atoms with Gasteiger partial charge in [0, 0.05) is 11.3 Å². The van der Waals surface area contributed by atoms with E-state index < -0.39 is 24.2 Å². The molecule has 0 spiro atoms. The maximum absolute atomic E-state index is 13.4. The van der Waals surface area contributed by atoms with Crippen molar-refractivity contribution in [1.82, 2.24) is 9.78 Å². The molecule has 0 unspecified atom stereocenters. The molecule has 0 bridgehead atoms. The van der Waals surface area contributed by atoms with Crippen LogP contribution < -0.4 is 11.1 Å². The number of alkyl halides is 3. The number of nitrogens with zero attached hydrogens (tertiary/aromatic N) is 2. The molecular weight excluding hydrogens is 385 g/mol. The van der Waals surface area contributed by atoms with Crippen molar-refractivity contribution in [2.45, 2.75) is 24.7 Å². The van der Waals surface area contributed by atoms with Crippen LogP contribution in [0.2, 0.25) is 0 Å². The van der Waals surface area contributed by atoms with E-state index in [-0.39, 0.29) is 22.4 Å². The summed E-state index contributed by atoms with van der Waals surface area (Å²) >= 11 is 4.48. The molecule has 1 amide bonds. The van der Waals surface area contributed by atoms with Crippen LogP contribution in [0.5, 0.6) is 0 Å². The second kappa shape index (κ2) is 5.27. The van der Waals surface area contributed by atoms with E-state index >= 15 is 0 Å².